The highest BCUT2D eigenvalue weighted by Crippen LogP contribution is 2.26. The predicted molar refractivity (Wildman–Crippen MR) is 104 cm³/mol. The van der Waals surface area contributed by atoms with Crippen LogP contribution in [0.25, 0.3) is 0 Å². The first-order chi connectivity index (χ1) is 13.5. The summed E-state index contributed by atoms with van der Waals surface area (Å²) in [5, 5.41) is 0. The molecule has 1 aliphatic heterocycles. The first-order valence-corrected chi connectivity index (χ1v) is 10.9. The molecule has 0 spiro atoms. The molecule has 1 amide bonds. The van der Waals surface area contributed by atoms with Crippen LogP contribution in [0.4, 0.5) is 5.82 Å². The maximum atomic E-state index is 13.1. The second kappa shape index (κ2) is 7.48. The minimum Gasteiger partial charge on any atom is -0.382 e. The van der Waals surface area contributed by atoms with E-state index in [4.69, 9.17) is 5.73 Å². The van der Waals surface area contributed by atoms with Gasteiger partial charge in [-0.25, -0.2) is 18.4 Å². The number of nitrogens with zero attached hydrogens (tertiary/aromatic N) is 4. The van der Waals surface area contributed by atoms with E-state index >= 15 is 0 Å². The Hall–Kier alpha value is -2.52. The van der Waals surface area contributed by atoms with Gasteiger partial charge < -0.3 is 10.6 Å². The van der Waals surface area contributed by atoms with Crippen LogP contribution in [-0.2, 0) is 22.9 Å². The third-order valence-corrected chi connectivity index (χ3v) is 7.31. The van der Waals surface area contributed by atoms with E-state index in [1.54, 1.807) is 11.0 Å². The summed E-state index contributed by atoms with van der Waals surface area (Å²) in [6.07, 6.45) is 7.05. The molecule has 9 heteroatoms. The zero-order chi connectivity index (χ0) is 19.7. The summed E-state index contributed by atoms with van der Waals surface area (Å²) < 4.78 is 27.6. The van der Waals surface area contributed by atoms with Gasteiger partial charge in [-0.1, -0.05) is 6.07 Å². The van der Waals surface area contributed by atoms with E-state index in [-0.39, 0.29) is 30.5 Å². The van der Waals surface area contributed by atoms with Gasteiger partial charge in [0.2, 0.25) is 10.0 Å². The van der Waals surface area contributed by atoms with Crippen molar-refractivity contribution >= 4 is 21.7 Å². The number of hydrogen-bond acceptors (Lipinski definition) is 6. The monoisotopic (exact) mass is 401 g/mol. The Morgan fingerprint density at radius 2 is 1.64 bits per heavy atom. The van der Waals surface area contributed by atoms with Crippen LogP contribution in [-0.4, -0.2) is 59.7 Å². The highest BCUT2D eigenvalue weighted by molar-refractivity contribution is 7.89. The molecule has 28 heavy (non-hydrogen) atoms. The lowest BCUT2D eigenvalue weighted by atomic mass is 9.92. The minimum atomic E-state index is -3.57. The van der Waals surface area contributed by atoms with Gasteiger partial charge in [0.25, 0.3) is 5.91 Å². The van der Waals surface area contributed by atoms with Gasteiger partial charge in [-0.05, 0) is 48.9 Å². The van der Waals surface area contributed by atoms with Crippen molar-refractivity contribution in [2.45, 2.75) is 30.6 Å². The molecule has 0 atom stereocenters. The average Bonchev–Trinajstić information content (AvgIpc) is 2.73. The smallest absolute Gasteiger partial charge is 0.276 e. The molecule has 2 N–H and O–H groups in total. The van der Waals surface area contributed by atoms with Gasteiger partial charge >= 0.3 is 0 Å². The number of carbonyl (C=O) groups excluding carboxylic acids is 1. The number of sulfonamides is 1. The van der Waals surface area contributed by atoms with Crippen molar-refractivity contribution in [3.05, 3.63) is 47.4 Å². The number of nitrogen functional groups attached to an aromatic ring is 1. The molecular formula is C19H23N5O3S. The van der Waals surface area contributed by atoms with Crippen LogP contribution in [0.15, 0.2) is 35.5 Å². The number of rotatable bonds is 3. The third kappa shape index (κ3) is 3.47. The van der Waals surface area contributed by atoms with Gasteiger partial charge in [-0.3, -0.25) is 4.79 Å². The van der Waals surface area contributed by atoms with Crippen LogP contribution in [0.1, 0.15) is 34.5 Å². The van der Waals surface area contributed by atoms with E-state index in [2.05, 4.69) is 9.97 Å². The third-order valence-electron chi connectivity index (χ3n) is 5.41. The van der Waals surface area contributed by atoms with Gasteiger partial charge in [-0.2, -0.15) is 4.31 Å². The number of benzene rings is 1. The zero-order valence-electron chi connectivity index (χ0n) is 15.5. The molecule has 1 saturated heterocycles. The van der Waals surface area contributed by atoms with E-state index in [1.807, 2.05) is 12.1 Å². The normalized spacial score (nSPS) is 17.9. The first kappa shape index (κ1) is 18.8. The summed E-state index contributed by atoms with van der Waals surface area (Å²) in [6, 6.07) is 5.47. The maximum Gasteiger partial charge on any atom is 0.276 e. The Bertz CT molecular complexity index is 1000. The summed E-state index contributed by atoms with van der Waals surface area (Å²) in [4.78, 5) is 22.4. The highest BCUT2D eigenvalue weighted by atomic mass is 32.2. The summed E-state index contributed by atoms with van der Waals surface area (Å²) >= 11 is 0. The lowest BCUT2D eigenvalue weighted by Crippen LogP contribution is -2.50. The van der Waals surface area contributed by atoms with Gasteiger partial charge in [-0.15, -0.1) is 0 Å². The van der Waals surface area contributed by atoms with Crippen LogP contribution in [0.2, 0.25) is 0 Å². The molecule has 1 aromatic heterocycles. The van der Waals surface area contributed by atoms with Crippen molar-refractivity contribution in [2.75, 3.05) is 31.9 Å². The molecule has 1 aliphatic carbocycles. The van der Waals surface area contributed by atoms with Crippen molar-refractivity contribution in [3.63, 3.8) is 0 Å². The van der Waals surface area contributed by atoms with Crippen LogP contribution in [0.5, 0.6) is 0 Å². The van der Waals surface area contributed by atoms with Gasteiger partial charge in [0.15, 0.2) is 11.5 Å². The topological polar surface area (TPSA) is 109 Å². The lowest BCUT2D eigenvalue weighted by molar-refractivity contribution is 0.0692. The van der Waals surface area contributed by atoms with Crippen molar-refractivity contribution in [3.8, 4) is 0 Å². The number of carbonyl (C=O) groups is 1. The Kier molecular flexibility index (Phi) is 5.03. The standard InChI is InChI=1S/C19H23N5O3S/c20-18-17(21-7-8-22-18)19(25)23-9-11-24(12-10-23)28(26,27)16-6-5-14-3-1-2-4-15(14)13-16/h5-8,13H,1-4,9-12H2,(H2,20,22). The van der Waals surface area contributed by atoms with Crippen molar-refractivity contribution < 1.29 is 13.2 Å². The number of piperazine rings is 1. The number of fused-ring (bicyclic) bond motifs is 1. The number of anilines is 1. The molecule has 2 heterocycles. The highest BCUT2D eigenvalue weighted by Gasteiger charge is 2.31. The Balaban J connectivity index is 1.47. The fourth-order valence-corrected chi connectivity index (χ4v) is 5.29. The number of hydrogen-bond donors (Lipinski definition) is 1. The van der Waals surface area contributed by atoms with E-state index < -0.39 is 10.0 Å². The van der Waals surface area contributed by atoms with Crippen LogP contribution < -0.4 is 5.73 Å². The van der Waals surface area contributed by atoms with Crippen molar-refractivity contribution in [1.82, 2.24) is 19.2 Å². The Morgan fingerprint density at radius 1 is 0.964 bits per heavy atom. The molecule has 4 rings (SSSR count). The van der Waals surface area contributed by atoms with E-state index in [1.165, 1.54) is 22.3 Å². The van der Waals surface area contributed by atoms with Crippen molar-refractivity contribution in [2.24, 2.45) is 0 Å². The molecule has 2 aromatic rings. The lowest BCUT2D eigenvalue weighted by Gasteiger charge is -2.34. The van der Waals surface area contributed by atoms with Crippen LogP contribution in [0, 0.1) is 0 Å². The summed E-state index contributed by atoms with van der Waals surface area (Å²) in [5.41, 5.74) is 8.22. The van der Waals surface area contributed by atoms with E-state index in [0.29, 0.717) is 18.0 Å². The Morgan fingerprint density at radius 3 is 2.36 bits per heavy atom. The predicted octanol–water partition coefficient (Wildman–Crippen LogP) is 1.08. The maximum absolute atomic E-state index is 13.1. The van der Waals surface area contributed by atoms with Crippen molar-refractivity contribution in [1.29, 1.82) is 0 Å². The zero-order valence-corrected chi connectivity index (χ0v) is 16.4. The molecular weight excluding hydrogens is 378 g/mol. The minimum absolute atomic E-state index is 0.0802. The largest absolute Gasteiger partial charge is 0.382 e. The molecule has 0 radical (unpaired) electrons. The molecule has 2 aliphatic rings. The second-order valence-corrected chi connectivity index (χ2v) is 9.06. The Labute approximate surface area is 164 Å². The molecule has 148 valence electrons. The van der Waals surface area contributed by atoms with Gasteiger partial charge in [0, 0.05) is 38.6 Å². The van der Waals surface area contributed by atoms with Crippen LogP contribution in [0.3, 0.4) is 0 Å². The SMILES string of the molecule is Nc1nccnc1C(=O)N1CCN(S(=O)(=O)c2ccc3c(c2)CCCC3)CC1. The summed E-state index contributed by atoms with van der Waals surface area (Å²) in [7, 11) is -3.57. The fraction of sp³-hybridized carbons (Fsp3) is 0.421. The number of aromatic nitrogens is 2. The second-order valence-electron chi connectivity index (χ2n) is 7.12. The van der Waals surface area contributed by atoms with Gasteiger partial charge in [0.1, 0.15) is 0 Å². The number of aryl methyl sites for hydroxylation is 2. The number of nitrogens with two attached hydrogens (primary N) is 1. The van der Waals surface area contributed by atoms with E-state index in [9.17, 15) is 13.2 Å². The summed E-state index contributed by atoms with van der Waals surface area (Å²) in [5.74, 6) is -0.243. The van der Waals surface area contributed by atoms with Gasteiger partial charge in [0.05, 0.1) is 4.90 Å². The number of amides is 1. The molecule has 8 nitrogen and oxygen atoms in total. The fourth-order valence-electron chi connectivity index (χ4n) is 3.81. The molecule has 1 aromatic carbocycles. The molecule has 1 fully saturated rings. The first-order valence-electron chi connectivity index (χ1n) is 9.44. The molecule has 0 saturated carbocycles. The van der Waals surface area contributed by atoms with Crippen LogP contribution >= 0.6 is 0 Å². The van der Waals surface area contributed by atoms with E-state index in [0.717, 1.165) is 31.2 Å². The molecule has 0 bridgehead atoms. The quantitative estimate of drug-likeness (QED) is 0.824. The molecule has 0 unspecified atom stereocenters. The average molecular weight is 401 g/mol. The summed E-state index contributed by atoms with van der Waals surface area (Å²) in [6.45, 7) is 1.06.